The second-order valence-corrected chi connectivity index (χ2v) is 6.55. The minimum atomic E-state index is -4.42. The SMILES string of the molecule is Cc1cc(C(=O)/C(C#N)=C/c2ccc(O)c(Br)c2)c(C)n1CC(F)(F)F. The molecule has 0 aliphatic rings. The van der Waals surface area contributed by atoms with Crippen molar-refractivity contribution in [3.05, 3.63) is 56.8 Å². The first-order valence-corrected chi connectivity index (χ1v) is 8.21. The molecule has 0 spiro atoms. The van der Waals surface area contributed by atoms with Crippen LogP contribution in [0.25, 0.3) is 6.08 Å². The van der Waals surface area contributed by atoms with Gasteiger partial charge in [0.2, 0.25) is 5.78 Å². The van der Waals surface area contributed by atoms with Gasteiger partial charge in [-0.05, 0) is 59.6 Å². The Balaban J connectivity index is 2.43. The van der Waals surface area contributed by atoms with E-state index in [1.165, 1.54) is 44.2 Å². The van der Waals surface area contributed by atoms with Gasteiger partial charge in [-0.15, -0.1) is 0 Å². The lowest BCUT2D eigenvalue weighted by molar-refractivity contribution is -0.141. The van der Waals surface area contributed by atoms with E-state index in [1.54, 1.807) is 6.07 Å². The Labute approximate surface area is 156 Å². The Morgan fingerprint density at radius 3 is 2.54 bits per heavy atom. The van der Waals surface area contributed by atoms with Gasteiger partial charge in [0.15, 0.2) is 0 Å². The molecule has 0 amide bonds. The number of aromatic nitrogens is 1. The van der Waals surface area contributed by atoms with E-state index in [4.69, 9.17) is 0 Å². The van der Waals surface area contributed by atoms with Crippen molar-refractivity contribution < 1.29 is 23.1 Å². The molecule has 0 fully saturated rings. The zero-order valence-electron chi connectivity index (χ0n) is 13.9. The van der Waals surface area contributed by atoms with Crippen LogP contribution in [0.4, 0.5) is 13.2 Å². The number of aryl methyl sites for hydroxylation is 1. The minimum Gasteiger partial charge on any atom is -0.507 e. The zero-order valence-corrected chi connectivity index (χ0v) is 15.4. The fraction of sp³-hybridized carbons (Fsp3) is 0.222. The summed E-state index contributed by atoms with van der Waals surface area (Å²) in [6, 6.07) is 7.56. The number of halogens is 4. The maximum Gasteiger partial charge on any atom is 0.406 e. The minimum absolute atomic E-state index is 0.00248. The van der Waals surface area contributed by atoms with Crippen LogP contribution in [0.15, 0.2) is 34.3 Å². The van der Waals surface area contributed by atoms with E-state index in [0.29, 0.717) is 10.0 Å². The number of rotatable bonds is 4. The van der Waals surface area contributed by atoms with Crippen molar-refractivity contribution in [1.82, 2.24) is 4.57 Å². The molecule has 1 aromatic carbocycles. The third kappa shape index (κ3) is 4.35. The predicted octanol–water partition coefficient (Wildman–Crippen LogP) is 4.93. The lowest BCUT2D eigenvalue weighted by Crippen LogP contribution is -2.19. The highest BCUT2D eigenvalue weighted by atomic mass is 79.9. The van der Waals surface area contributed by atoms with Crippen LogP contribution in [0.3, 0.4) is 0 Å². The first kappa shape index (κ1) is 19.8. The highest BCUT2D eigenvalue weighted by Crippen LogP contribution is 2.27. The van der Waals surface area contributed by atoms with Gasteiger partial charge in [-0.2, -0.15) is 18.4 Å². The molecule has 136 valence electrons. The van der Waals surface area contributed by atoms with E-state index in [-0.39, 0.29) is 28.3 Å². The van der Waals surface area contributed by atoms with Crippen molar-refractivity contribution in [2.75, 3.05) is 0 Å². The van der Waals surface area contributed by atoms with Crippen LogP contribution in [-0.2, 0) is 6.54 Å². The molecule has 0 unspecified atom stereocenters. The summed E-state index contributed by atoms with van der Waals surface area (Å²) in [6.07, 6.45) is -3.09. The zero-order chi connectivity index (χ0) is 19.6. The number of alkyl halides is 3. The molecular formula is C18H14BrF3N2O2. The summed E-state index contributed by atoms with van der Waals surface area (Å²) in [5.41, 5.74) is 0.765. The molecule has 0 radical (unpaired) electrons. The molecule has 26 heavy (non-hydrogen) atoms. The van der Waals surface area contributed by atoms with Crippen LogP contribution < -0.4 is 0 Å². The number of aromatic hydroxyl groups is 1. The number of carbonyl (C=O) groups is 1. The molecule has 1 aromatic heterocycles. The Kier molecular flexibility index (Phi) is 5.62. The maximum absolute atomic E-state index is 12.7. The first-order chi connectivity index (χ1) is 12.0. The van der Waals surface area contributed by atoms with Gasteiger partial charge in [0.25, 0.3) is 0 Å². The van der Waals surface area contributed by atoms with Crippen LogP contribution in [0.5, 0.6) is 5.75 Å². The number of Topliss-reactive ketones (excluding diaryl/α,β-unsaturated/α-hetero) is 1. The van der Waals surface area contributed by atoms with E-state index >= 15 is 0 Å². The number of ketones is 1. The Bertz CT molecular complexity index is 937. The summed E-state index contributed by atoms with van der Waals surface area (Å²) < 4.78 is 39.5. The van der Waals surface area contributed by atoms with E-state index in [2.05, 4.69) is 15.9 Å². The standard InChI is InChI=1S/C18H14BrF3N2O2/c1-10-5-14(11(2)24(10)9-18(20,21)22)17(26)13(8-23)6-12-3-4-16(25)15(19)7-12/h3-7,25H,9H2,1-2H3/b13-6+. The van der Waals surface area contributed by atoms with Crippen LogP contribution >= 0.6 is 15.9 Å². The smallest absolute Gasteiger partial charge is 0.406 e. The van der Waals surface area contributed by atoms with E-state index in [0.717, 1.165) is 4.57 Å². The Hall–Kier alpha value is -2.53. The van der Waals surface area contributed by atoms with Crippen LogP contribution in [-0.4, -0.2) is 21.6 Å². The number of hydrogen-bond donors (Lipinski definition) is 1. The monoisotopic (exact) mass is 426 g/mol. The summed E-state index contributed by atoms with van der Waals surface area (Å²) in [5, 5.41) is 18.8. The molecule has 1 heterocycles. The topological polar surface area (TPSA) is 66.0 Å². The fourth-order valence-corrected chi connectivity index (χ4v) is 2.92. The van der Waals surface area contributed by atoms with Gasteiger partial charge in [-0.1, -0.05) is 6.07 Å². The molecule has 1 N–H and O–H groups in total. The highest BCUT2D eigenvalue weighted by molar-refractivity contribution is 9.10. The van der Waals surface area contributed by atoms with Crippen molar-refractivity contribution in [2.45, 2.75) is 26.6 Å². The predicted molar refractivity (Wildman–Crippen MR) is 93.7 cm³/mol. The fourth-order valence-electron chi connectivity index (χ4n) is 2.53. The molecule has 4 nitrogen and oxygen atoms in total. The largest absolute Gasteiger partial charge is 0.507 e. The van der Waals surface area contributed by atoms with E-state index in [9.17, 15) is 28.3 Å². The summed E-state index contributed by atoms with van der Waals surface area (Å²) in [5.74, 6) is -0.652. The lowest BCUT2D eigenvalue weighted by atomic mass is 10.0. The molecule has 0 saturated carbocycles. The molecule has 0 atom stereocenters. The van der Waals surface area contributed by atoms with Crippen molar-refractivity contribution in [1.29, 1.82) is 5.26 Å². The van der Waals surface area contributed by atoms with Crippen molar-refractivity contribution >= 4 is 27.8 Å². The highest BCUT2D eigenvalue weighted by Gasteiger charge is 2.30. The molecule has 2 aromatic rings. The average molecular weight is 427 g/mol. The third-order valence-electron chi connectivity index (χ3n) is 3.80. The maximum atomic E-state index is 12.7. The van der Waals surface area contributed by atoms with Gasteiger partial charge in [-0.25, -0.2) is 0 Å². The molecule has 0 aliphatic heterocycles. The van der Waals surface area contributed by atoms with Gasteiger partial charge >= 0.3 is 6.18 Å². The normalized spacial score (nSPS) is 12.1. The Morgan fingerprint density at radius 2 is 2.00 bits per heavy atom. The number of hydrogen-bond acceptors (Lipinski definition) is 3. The van der Waals surface area contributed by atoms with Crippen molar-refractivity contribution in [3.63, 3.8) is 0 Å². The second kappa shape index (κ2) is 7.38. The number of nitrogens with zero attached hydrogens (tertiary/aromatic N) is 2. The lowest BCUT2D eigenvalue weighted by Gasteiger charge is -2.12. The molecule has 0 bridgehead atoms. The number of benzene rings is 1. The van der Waals surface area contributed by atoms with Crippen LogP contribution in [0.2, 0.25) is 0 Å². The Morgan fingerprint density at radius 1 is 1.35 bits per heavy atom. The van der Waals surface area contributed by atoms with Gasteiger partial charge in [-0.3, -0.25) is 4.79 Å². The molecular weight excluding hydrogens is 413 g/mol. The average Bonchev–Trinajstić information content (AvgIpc) is 2.82. The van der Waals surface area contributed by atoms with Gasteiger partial charge < -0.3 is 9.67 Å². The van der Waals surface area contributed by atoms with Crippen molar-refractivity contribution in [2.24, 2.45) is 0 Å². The summed E-state index contributed by atoms with van der Waals surface area (Å²) in [7, 11) is 0. The number of phenolic OH excluding ortho intramolecular Hbond substituents is 1. The van der Waals surface area contributed by atoms with E-state index in [1.807, 2.05) is 0 Å². The number of nitriles is 1. The molecule has 0 aliphatic carbocycles. The van der Waals surface area contributed by atoms with Gasteiger partial charge in [0, 0.05) is 17.0 Å². The quantitative estimate of drug-likeness (QED) is 0.428. The molecule has 2 rings (SSSR count). The van der Waals surface area contributed by atoms with Crippen LogP contribution in [0, 0.1) is 25.2 Å². The van der Waals surface area contributed by atoms with Crippen LogP contribution in [0.1, 0.15) is 27.3 Å². The summed E-state index contributed by atoms with van der Waals surface area (Å²) in [4.78, 5) is 12.6. The summed E-state index contributed by atoms with van der Waals surface area (Å²) >= 11 is 3.14. The first-order valence-electron chi connectivity index (χ1n) is 7.42. The van der Waals surface area contributed by atoms with Gasteiger partial charge in [0.1, 0.15) is 23.9 Å². The number of allylic oxidation sites excluding steroid dienone is 1. The summed E-state index contributed by atoms with van der Waals surface area (Å²) in [6.45, 7) is 1.69. The number of phenols is 1. The second-order valence-electron chi connectivity index (χ2n) is 5.70. The molecule has 0 saturated heterocycles. The van der Waals surface area contributed by atoms with Gasteiger partial charge in [0.05, 0.1) is 4.47 Å². The number of carbonyl (C=O) groups excluding carboxylic acids is 1. The van der Waals surface area contributed by atoms with E-state index < -0.39 is 18.5 Å². The van der Waals surface area contributed by atoms with Crippen molar-refractivity contribution in [3.8, 4) is 11.8 Å². The molecule has 8 heteroatoms. The third-order valence-corrected chi connectivity index (χ3v) is 4.44.